The van der Waals surface area contributed by atoms with Crippen LogP contribution in [0.1, 0.15) is 45.1 Å². The SMILES string of the molecule is CCCC1=C(C(=O)OCC)[C@@H](c2ccccc2OCC)C(C#N)=C(N)O1. The van der Waals surface area contributed by atoms with Gasteiger partial charge in [-0.2, -0.15) is 5.26 Å². The van der Waals surface area contributed by atoms with E-state index < -0.39 is 11.9 Å². The van der Waals surface area contributed by atoms with E-state index in [4.69, 9.17) is 19.9 Å². The molecule has 0 aromatic heterocycles. The highest BCUT2D eigenvalue weighted by Gasteiger charge is 2.38. The molecule has 1 heterocycles. The molecule has 1 aromatic carbocycles. The first-order valence-electron chi connectivity index (χ1n) is 8.78. The molecule has 1 atom stereocenters. The summed E-state index contributed by atoms with van der Waals surface area (Å²) in [4.78, 5) is 12.7. The Bertz CT molecular complexity index is 774. The largest absolute Gasteiger partial charge is 0.494 e. The van der Waals surface area contributed by atoms with E-state index in [0.29, 0.717) is 35.7 Å². The third-order valence-corrected chi connectivity index (χ3v) is 4.00. The normalized spacial score (nSPS) is 16.8. The number of allylic oxidation sites excluding steroid dienone is 2. The number of ether oxygens (including phenoxy) is 3. The summed E-state index contributed by atoms with van der Waals surface area (Å²) >= 11 is 0. The lowest BCUT2D eigenvalue weighted by Gasteiger charge is -2.29. The van der Waals surface area contributed by atoms with Crippen LogP contribution in [0.15, 0.2) is 47.1 Å². The van der Waals surface area contributed by atoms with Crippen LogP contribution < -0.4 is 10.5 Å². The highest BCUT2D eigenvalue weighted by molar-refractivity contribution is 5.93. The molecule has 1 aromatic rings. The predicted molar refractivity (Wildman–Crippen MR) is 96.8 cm³/mol. The number of benzene rings is 1. The standard InChI is InChI=1S/C20H24N2O4/c1-4-9-16-18(20(23)25-6-3)17(14(12-21)19(22)26-16)13-10-7-8-11-15(13)24-5-2/h7-8,10-11,17H,4-6,9,22H2,1-3H3/t17-/m0/s1. The van der Waals surface area contributed by atoms with Gasteiger partial charge in [-0.3, -0.25) is 0 Å². The highest BCUT2D eigenvalue weighted by atomic mass is 16.5. The number of esters is 1. The third kappa shape index (κ3) is 3.83. The molecule has 0 saturated carbocycles. The molecule has 0 radical (unpaired) electrons. The lowest BCUT2D eigenvalue weighted by atomic mass is 9.82. The van der Waals surface area contributed by atoms with E-state index in [2.05, 4.69) is 6.07 Å². The van der Waals surface area contributed by atoms with Crippen LogP contribution >= 0.6 is 0 Å². The van der Waals surface area contributed by atoms with Crippen LogP contribution in [0.3, 0.4) is 0 Å². The van der Waals surface area contributed by atoms with Crippen LogP contribution in [-0.4, -0.2) is 19.2 Å². The topological polar surface area (TPSA) is 94.6 Å². The molecular formula is C20H24N2O4. The van der Waals surface area contributed by atoms with Crippen molar-refractivity contribution in [3.05, 3.63) is 52.6 Å². The highest BCUT2D eigenvalue weighted by Crippen LogP contribution is 2.43. The van der Waals surface area contributed by atoms with Gasteiger partial charge in [0.2, 0.25) is 5.88 Å². The Morgan fingerprint density at radius 3 is 2.62 bits per heavy atom. The Hall–Kier alpha value is -2.94. The molecule has 0 aliphatic carbocycles. The van der Waals surface area contributed by atoms with Crippen molar-refractivity contribution in [2.24, 2.45) is 5.73 Å². The van der Waals surface area contributed by atoms with E-state index in [-0.39, 0.29) is 18.1 Å². The van der Waals surface area contributed by atoms with Crippen molar-refractivity contribution in [1.29, 1.82) is 5.26 Å². The maximum atomic E-state index is 12.7. The van der Waals surface area contributed by atoms with Crippen molar-refractivity contribution in [2.45, 2.75) is 39.5 Å². The van der Waals surface area contributed by atoms with Crippen LogP contribution in [0.25, 0.3) is 0 Å². The fourth-order valence-corrected chi connectivity index (χ4v) is 2.98. The van der Waals surface area contributed by atoms with Gasteiger partial charge in [-0.05, 0) is 26.3 Å². The summed E-state index contributed by atoms with van der Waals surface area (Å²) in [5.74, 6) is -0.135. The molecule has 0 saturated heterocycles. The van der Waals surface area contributed by atoms with Crippen molar-refractivity contribution in [2.75, 3.05) is 13.2 Å². The molecule has 0 bridgehead atoms. The zero-order valence-corrected chi connectivity index (χ0v) is 15.4. The van der Waals surface area contributed by atoms with Gasteiger partial charge in [-0.15, -0.1) is 0 Å². The van der Waals surface area contributed by atoms with Gasteiger partial charge in [-0.25, -0.2) is 4.79 Å². The molecule has 2 N–H and O–H groups in total. The molecule has 26 heavy (non-hydrogen) atoms. The molecule has 0 unspecified atom stereocenters. The summed E-state index contributed by atoms with van der Waals surface area (Å²) in [6, 6.07) is 9.40. The smallest absolute Gasteiger partial charge is 0.338 e. The number of nitriles is 1. The fourth-order valence-electron chi connectivity index (χ4n) is 2.98. The predicted octanol–water partition coefficient (Wildman–Crippen LogP) is 3.51. The van der Waals surface area contributed by atoms with Crippen LogP contribution in [0.4, 0.5) is 0 Å². The average molecular weight is 356 g/mol. The van der Waals surface area contributed by atoms with Gasteiger partial charge in [0.15, 0.2) is 0 Å². The van der Waals surface area contributed by atoms with Crippen LogP contribution in [0.5, 0.6) is 5.75 Å². The lowest BCUT2D eigenvalue weighted by molar-refractivity contribution is -0.139. The van der Waals surface area contributed by atoms with Gasteiger partial charge in [0.1, 0.15) is 23.2 Å². The van der Waals surface area contributed by atoms with Crippen molar-refractivity contribution < 1.29 is 19.0 Å². The molecule has 6 nitrogen and oxygen atoms in total. The Morgan fingerprint density at radius 2 is 2.00 bits per heavy atom. The Kier molecular flexibility index (Phi) is 6.67. The number of carbonyl (C=O) groups is 1. The van der Waals surface area contributed by atoms with E-state index >= 15 is 0 Å². The number of para-hydroxylation sites is 1. The summed E-state index contributed by atoms with van der Waals surface area (Å²) in [5.41, 5.74) is 7.19. The molecular weight excluding hydrogens is 332 g/mol. The average Bonchev–Trinajstić information content (AvgIpc) is 2.62. The zero-order valence-electron chi connectivity index (χ0n) is 15.4. The third-order valence-electron chi connectivity index (χ3n) is 4.00. The summed E-state index contributed by atoms with van der Waals surface area (Å²) in [5, 5.41) is 9.68. The van der Waals surface area contributed by atoms with Crippen molar-refractivity contribution >= 4 is 5.97 Å². The van der Waals surface area contributed by atoms with Crippen molar-refractivity contribution in [3.8, 4) is 11.8 Å². The number of nitrogens with zero attached hydrogens (tertiary/aromatic N) is 1. The second-order valence-corrected chi connectivity index (χ2v) is 5.70. The molecule has 0 amide bonds. The van der Waals surface area contributed by atoms with Crippen LogP contribution in [-0.2, 0) is 14.3 Å². The molecule has 138 valence electrons. The molecule has 0 spiro atoms. The molecule has 6 heteroatoms. The number of nitrogens with two attached hydrogens (primary N) is 1. The van der Waals surface area contributed by atoms with Crippen LogP contribution in [0, 0.1) is 11.3 Å². The van der Waals surface area contributed by atoms with E-state index in [0.717, 1.165) is 6.42 Å². The minimum absolute atomic E-state index is 0.0142. The Morgan fingerprint density at radius 1 is 1.27 bits per heavy atom. The Balaban J connectivity index is 2.70. The summed E-state index contributed by atoms with van der Waals surface area (Å²) in [7, 11) is 0. The second kappa shape index (κ2) is 8.95. The number of rotatable bonds is 7. The van der Waals surface area contributed by atoms with E-state index in [9.17, 15) is 10.1 Å². The first kappa shape index (κ1) is 19.4. The van der Waals surface area contributed by atoms with Gasteiger partial charge >= 0.3 is 5.97 Å². The van der Waals surface area contributed by atoms with Gasteiger partial charge in [-0.1, -0.05) is 25.1 Å². The monoisotopic (exact) mass is 356 g/mol. The quantitative estimate of drug-likeness (QED) is 0.751. The number of hydrogen-bond donors (Lipinski definition) is 1. The lowest BCUT2D eigenvalue weighted by Crippen LogP contribution is -2.26. The summed E-state index contributed by atoms with van der Waals surface area (Å²) in [6.45, 7) is 6.27. The first-order valence-corrected chi connectivity index (χ1v) is 8.78. The molecule has 2 rings (SSSR count). The maximum Gasteiger partial charge on any atom is 0.338 e. The maximum absolute atomic E-state index is 12.7. The molecule has 1 aliphatic rings. The van der Waals surface area contributed by atoms with Gasteiger partial charge in [0.05, 0.1) is 24.7 Å². The van der Waals surface area contributed by atoms with Crippen LogP contribution in [0.2, 0.25) is 0 Å². The van der Waals surface area contributed by atoms with Crippen molar-refractivity contribution in [1.82, 2.24) is 0 Å². The van der Waals surface area contributed by atoms with E-state index in [1.54, 1.807) is 6.92 Å². The van der Waals surface area contributed by atoms with Gasteiger partial charge < -0.3 is 19.9 Å². The fraction of sp³-hybridized carbons (Fsp3) is 0.400. The molecule has 1 aliphatic heterocycles. The minimum atomic E-state index is -0.683. The van der Waals surface area contributed by atoms with Gasteiger partial charge in [0.25, 0.3) is 0 Å². The zero-order chi connectivity index (χ0) is 19.1. The first-order chi connectivity index (χ1) is 12.6. The Labute approximate surface area is 153 Å². The number of hydrogen-bond acceptors (Lipinski definition) is 6. The number of carbonyl (C=O) groups excluding carboxylic acids is 1. The van der Waals surface area contributed by atoms with Crippen molar-refractivity contribution in [3.63, 3.8) is 0 Å². The summed E-state index contributed by atoms with van der Waals surface area (Å²) < 4.78 is 16.6. The van der Waals surface area contributed by atoms with E-state index in [1.165, 1.54) is 0 Å². The minimum Gasteiger partial charge on any atom is -0.494 e. The van der Waals surface area contributed by atoms with Gasteiger partial charge in [0, 0.05) is 12.0 Å². The summed E-state index contributed by atoms with van der Waals surface area (Å²) in [6.07, 6.45) is 1.27. The van der Waals surface area contributed by atoms with E-state index in [1.807, 2.05) is 38.1 Å². The molecule has 0 fully saturated rings. The second-order valence-electron chi connectivity index (χ2n) is 5.70.